The molecule has 1 N–H and O–H groups in total. The summed E-state index contributed by atoms with van der Waals surface area (Å²) >= 11 is 0. The zero-order valence-corrected chi connectivity index (χ0v) is 9.34. The van der Waals surface area contributed by atoms with E-state index in [-0.39, 0.29) is 0 Å². The first-order chi connectivity index (χ1) is 6.29. The molecule has 2 unspecified atom stereocenters. The molecule has 2 heteroatoms. The molecule has 0 saturated heterocycles. The molecule has 0 radical (unpaired) electrons. The molecule has 2 atom stereocenters. The summed E-state index contributed by atoms with van der Waals surface area (Å²) in [6, 6.07) is 1.48. The van der Waals surface area contributed by atoms with Crippen molar-refractivity contribution in [3.05, 3.63) is 0 Å². The van der Waals surface area contributed by atoms with Crippen LogP contribution in [0.15, 0.2) is 0 Å². The van der Waals surface area contributed by atoms with E-state index in [1.807, 2.05) is 0 Å². The molecule has 0 aromatic heterocycles. The molecule has 1 aliphatic carbocycles. The van der Waals surface area contributed by atoms with Gasteiger partial charge in [0.05, 0.1) is 0 Å². The molecule has 2 nitrogen and oxygen atoms in total. The van der Waals surface area contributed by atoms with Gasteiger partial charge in [0.2, 0.25) is 0 Å². The summed E-state index contributed by atoms with van der Waals surface area (Å²) in [6.45, 7) is 3.42. The van der Waals surface area contributed by atoms with Crippen LogP contribution in [0.25, 0.3) is 0 Å². The van der Waals surface area contributed by atoms with Gasteiger partial charge in [0.15, 0.2) is 0 Å². The van der Waals surface area contributed by atoms with Crippen LogP contribution in [0.3, 0.4) is 0 Å². The van der Waals surface area contributed by atoms with Gasteiger partial charge in [-0.1, -0.05) is 26.2 Å². The third-order valence-corrected chi connectivity index (χ3v) is 3.42. The van der Waals surface area contributed by atoms with Crippen LogP contribution in [-0.4, -0.2) is 37.6 Å². The van der Waals surface area contributed by atoms with Crippen LogP contribution >= 0.6 is 0 Å². The Bertz CT molecular complexity index is 136. The van der Waals surface area contributed by atoms with Crippen molar-refractivity contribution in [2.75, 3.05) is 20.6 Å². The lowest BCUT2D eigenvalue weighted by Crippen LogP contribution is -2.46. The normalized spacial score (nSPS) is 30.5. The lowest BCUT2D eigenvalue weighted by Gasteiger charge is -2.32. The van der Waals surface area contributed by atoms with Crippen molar-refractivity contribution in [3.8, 4) is 0 Å². The van der Waals surface area contributed by atoms with E-state index in [0.29, 0.717) is 6.04 Å². The van der Waals surface area contributed by atoms with Crippen LogP contribution in [0, 0.1) is 0 Å². The van der Waals surface area contributed by atoms with E-state index >= 15 is 0 Å². The van der Waals surface area contributed by atoms with Crippen molar-refractivity contribution in [1.29, 1.82) is 0 Å². The van der Waals surface area contributed by atoms with Gasteiger partial charge < -0.3 is 10.2 Å². The maximum absolute atomic E-state index is 3.47. The number of nitrogens with zero attached hydrogens (tertiary/aromatic N) is 1. The van der Waals surface area contributed by atoms with Gasteiger partial charge in [-0.3, -0.25) is 0 Å². The fourth-order valence-electron chi connectivity index (χ4n) is 2.39. The summed E-state index contributed by atoms with van der Waals surface area (Å²) in [5, 5.41) is 3.47. The number of nitrogens with one attached hydrogen (secondary N) is 1. The zero-order chi connectivity index (χ0) is 9.68. The Hall–Kier alpha value is -0.0800. The molecule has 78 valence electrons. The maximum Gasteiger partial charge on any atom is 0.0246 e. The topological polar surface area (TPSA) is 15.3 Å². The lowest BCUT2D eigenvalue weighted by atomic mass is 10.0. The first kappa shape index (κ1) is 11.0. The highest BCUT2D eigenvalue weighted by atomic mass is 15.2. The van der Waals surface area contributed by atoms with Crippen LogP contribution in [0.4, 0.5) is 0 Å². The van der Waals surface area contributed by atoms with Crippen LogP contribution < -0.4 is 5.32 Å². The molecule has 0 aromatic rings. The van der Waals surface area contributed by atoms with Gasteiger partial charge in [-0.05, 0) is 33.5 Å². The number of hydrogen-bond acceptors (Lipinski definition) is 2. The van der Waals surface area contributed by atoms with E-state index in [2.05, 4.69) is 31.2 Å². The van der Waals surface area contributed by atoms with Gasteiger partial charge in [-0.2, -0.15) is 0 Å². The molecule has 13 heavy (non-hydrogen) atoms. The number of likely N-dealkylation sites (N-methyl/N-ethyl adjacent to an activating group) is 2. The summed E-state index contributed by atoms with van der Waals surface area (Å²) in [6.07, 6.45) is 6.96. The van der Waals surface area contributed by atoms with Crippen molar-refractivity contribution >= 4 is 0 Å². The zero-order valence-electron chi connectivity index (χ0n) is 9.34. The predicted octanol–water partition coefficient (Wildman–Crippen LogP) is 1.86. The number of hydrogen-bond donors (Lipinski definition) is 1. The van der Waals surface area contributed by atoms with Gasteiger partial charge in [-0.25, -0.2) is 0 Å². The third-order valence-electron chi connectivity index (χ3n) is 3.42. The average Bonchev–Trinajstić information content (AvgIpc) is 2.41. The molecule has 1 saturated carbocycles. The van der Waals surface area contributed by atoms with Crippen molar-refractivity contribution in [2.45, 2.75) is 51.1 Å². The molecule has 0 spiro atoms. The quantitative estimate of drug-likeness (QED) is 0.674. The molecular formula is C11H24N2. The minimum absolute atomic E-state index is 0.715. The fourth-order valence-corrected chi connectivity index (χ4v) is 2.39. The maximum atomic E-state index is 3.47. The molecule has 0 heterocycles. The highest BCUT2D eigenvalue weighted by Gasteiger charge is 2.24. The Labute approximate surface area is 82.7 Å². The second kappa shape index (κ2) is 5.61. The second-order valence-corrected chi connectivity index (χ2v) is 4.17. The first-order valence-electron chi connectivity index (χ1n) is 5.67. The molecule has 1 rings (SSSR count). The fraction of sp³-hybridized carbons (Fsp3) is 1.00. The van der Waals surface area contributed by atoms with E-state index < -0.39 is 0 Å². The van der Waals surface area contributed by atoms with E-state index in [0.717, 1.165) is 6.04 Å². The van der Waals surface area contributed by atoms with Crippen LogP contribution in [0.5, 0.6) is 0 Å². The Morgan fingerprint density at radius 3 is 2.54 bits per heavy atom. The van der Waals surface area contributed by atoms with Gasteiger partial charge in [0.25, 0.3) is 0 Å². The first-order valence-corrected chi connectivity index (χ1v) is 5.67. The Balaban J connectivity index is 2.53. The van der Waals surface area contributed by atoms with Gasteiger partial charge in [-0.15, -0.1) is 0 Å². The summed E-state index contributed by atoms with van der Waals surface area (Å²) in [5.74, 6) is 0. The average molecular weight is 184 g/mol. The van der Waals surface area contributed by atoms with E-state index in [1.54, 1.807) is 0 Å². The Kier molecular flexibility index (Phi) is 4.74. The largest absolute Gasteiger partial charge is 0.315 e. The summed E-state index contributed by atoms with van der Waals surface area (Å²) in [7, 11) is 4.35. The van der Waals surface area contributed by atoms with Gasteiger partial charge >= 0.3 is 0 Å². The number of rotatable bonds is 3. The molecule has 0 bridgehead atoms. The second-order valence-electron chi connectivity index (χ2n) is 4.17. The van der Waals surface area contributed by atoms with Crippen molar-refractivity contribution in [1.82, 2.24) is 10.2 Å². The minimum atomic E-state index is 0.715. The van der Waals surface area contributed by atoms with Crippen LogP contribution in [-0.2, 0) is 0 Å². The highest BCUT2D eigenvalue weighted by Crippen LogP contribution is 2.21. The highest BCUT2D eigenvalue weighted by molar-refractivity contribution is 4.84. The Morgan fingerprint density at radius 2 is 1.92 bits per heavy atom. The smallest absolute Gasteiger partial charge is 0.0246 e. The lowest BCUT2D eigenvalue weighted by molar-refractivity contribution is 0.195. The minimum Gasteiger partial charge on any atom is -0.315 e. The SMILES string of the molecule is CCN(C)C1CCCCCC1NC. The molecule has 1 fully saturated rings. The van der Waals surface area contributed by atoms with Crippen LogP contribution in [0.2, 0.25) is 0 Å². The molecule has 0 aliphatic heterocycles. The molecule has 0 amide bonds. The molecular weight excluding hydrogens is 160 g/mol. The van der Waals surface area contributed by atoms with E-state index in [9.17, 15) is 0 Å². The predicted molar refractivity (Wildman–Crippen MR) is 58.0 cm³/mol. The van der Waals surface area contributed by atoms with Crippen molar-refractivity contribution < 1.29 is 0 Å². The van der Waals surface area contributed by atoms with E-state index in [4.69, 9.17) is 0 Å². The summed E-state index contributed by atoms with van der Waals surface area (Å²) in [5.41, 5.74) is 0. The third kappa shape index (κ3) is 2.96. The van der Waals surface area contributed by atoms with Gasteiger partial charge in [0, 0.05) is 12.1 Å². The molecule has 1 aliphatic rings. The van der Waals surface area contributed by atoms with Crippen molar-refractivity contribution in [3.63, 3.8) is 0 Å². The van der Waals surface area contributed by atoms with Crippen molar-refractivity contribution in [2.24, 2.45) is 0 Å². The van der Waals surface area contributed by atoms with Gasteiger partial charge in [0.1, 0.15) is 0 Å². The monoisotopic (exact) mass is 184 g/mol. The van der Waals surface area contributed by atoms with Crippen LogP contribution in [0.1, 0.15) is 39.0 Å². The standard InChI is InChI=1S/C11H24N2/c1-4-13(3)11-9-7-5-6-8-10(11)12-2/h10-12H,4-9H2,1-3H3. The Morgan fingerprint density at radius 1 is 1.23 bits per heavy atom. The summed E-state index contributed by atoms with van der Waals surface area (Å²) in [4.78, 5) is 2.49. The van der Waals surface area contributed by atoms with E-state index in [1.165, 1.54) is 38.6 Å². The molecule has 0 aromatic carbocycles. The summed E-state index contributed by atoms with van der Waals surface area (Å²) < 4.78 is 0.